The summed E-state index contributed by atoms with van der Waals surface area (Å²) in [6, 6.07) is 14.6. The summed E-state index contributed by atoms with van der Waals surface area (Å²) in [6.07, 6.45) is 6.18. The molecule has 0 aliphatic carbocycles. The third-order valence-corrected chi connectivity index (χ3v) is 5.07. The molecule has 5 heteroatoms. The summed E-state index contributed by atoms with van der Waals surface area (Å²) >= 11 is 1.73. The van der Waals surface area contributed by atoms with Gasteiger partial charge in [-0.15, -0.1) is 11.8 Å². The van der Waals surface area contributed by atoms with Gasteiger partial charge in [0.15, 0.2) is 0 Å². The molecule has 1 saturated heterocycles. The Labute approximate surface area is 147 Å². The number of amides is 1. The number of carbonyl (C=O) groups excluding carboxylic acids is 1. The van der Waals surface area contributed by atoms with Crippen molar-refractivity contribution in [2.75, 3.05) is 24.2 Å². The molecule has 1 aliphatic heterocycles. The van der Waals surface area contributed by atoms with Crippen molar-refractivity contribution in [3.05, 3.63) is 54.2 Å². The molecule has 0 saturated carbocycles. The van der Waals surface area contributed by atoms with E-state index >= 15 is 0 Å². The Morgan fingerprint density at radius 3 is 2.83 bits per heavy atom. The van der Waals surface area contributed by atoms with Crippen molar-refractivity contribution >= 4 is 23.5 Å². The van der Waals surface area contributed by atoms with Crippen LogP contribution in [-0.2, 0) is 11.2 Å². The van der Waals surface area contributed by atoms with Gasteiger partial charge in [-0.1, -0.05) is 18.2 Å². The molecule has 0 bridgehead atoms. The maximum Gasteiger partial charge on any atom is 0.220 e. The Morgan fingerprint density at radius 2 is 2.12 bits per heavy atom. The van der Waals surface area contributed by atoms with E-state index in [1.54, 1.807) is 11.8 Å². The van der Waals surface area contributed by atoms with Crippen LogP contribution >= 0.6 is 11.8 Å². The van der Waals surface area contributed by atoms with Crippen molar-refractivity contribution in [3.8, 4) is 0 Å². The molecule has 4 nitrogen and oxygen atoms in total. The average molecular weight is 341 g/mol. The molecule has 1 N–H and O–H groups in total. The quantitative estimate of drug-likeness (QED) is 0.820. The van der Waals surface area contributed by atoms with Crippen LogP contribution in [0.4, 0.5) is 5.82 Å². The van der Waals surface area contributed by atoms with Gasteiger partial charge in [0.1, 0.15) is 5.82 Å². The van der Waals surface area contributed by atoms with E-state index < -0.39 is 0 Å². The molecule has 1 amide bonds. The van der Waals surface area contributed by atoms with Gasteiger partial charge in [-0.3, -0.25) is 4.79 Å². The highest BCUT2D eigenvalue weighted by Crippen LogP contribution is 2.18. The van der Waals surface area contributed by atoms with Gasteiger partial charge in [0.05, 0.1) is 0 Å². The number of anilines is 1. The second-order valence-electron chi connectivity index (χ2n) is 6.04. The van der Waals surface area contributed by atoms with Crippen LogP contribution in [-0.4, -0.2) is 36.3 Å². The molecule has 24 heavy (non-hydrogen) atoms. The summed E-state index contributed by atoms with van der Waals surface area (Å²) < 4.78 is 0. The smallest absolute Gasteiger partial charge is 0.220 e. The topological polar surface area (TPSA) is 45.2 Å². The first-order valence-corrected chi connectivity index (χ1v) is 9.55. The van der Waals surface area contributed by atoms with Crippen molar-refractivity contribution in [3.63, 3.8) is 0 Å². The van der Waals surface area contributed by atoms with Crippen molar-refractivity contribution in [1.82, 2.24) is 10.3 Å². The number of hydrogen-bond donors (Lipinski definition) is 1. The van der Waals surface area contributed by atoms with Crippen LogP contribution in [0.1, 0.15) is 18.4 Å². The van der Waals surface area contributed by atoms with Crippen LogP contribution in [0.3, 0.4) is 0 Å². The van der Waals surface area contributed by atoms with E-state index in [4.69, 9.17) is 0 Å². The number of nitrogens with one attached hydrogen (secondary N) is 1. The summed E-state index contributed by atoms with van der Waals surface area (Å²) in [7, 11) is 0. The third kappa shape index (κ3) is 4.51. The Kier molecular flexibility index (Phi) is 5.75. The molecule has 126 valence electrons. The zero-order valence-corrected chi connectivity index (χ0v) is 14.8. The predicted molar refractivity (Wildman–Crippen MR) is 99.5 cm³/mol. The summed E-state index contributed by atoms with van der Waals surface area (Å²) in [5.74, 6) is 1.12. The fourth-order valence-electron chi connectivity index (χ4n) is 2.98. The molecular formula is C19H23N3OS. The minimum absolute atomic E-state index is 0.136. The zero-order chi connectivity index (χ0) is 16.8. The third-order valence-electron chi connectivity index (χ3n) is 4.33. The highest BCUT2D eigenvalue weighted by Gasteiger charge is 2.24. The number of aromatic nitrogens is 1. The molecule has 1 aliphatic rings. The van der Waals surface area contributed by atoms with Gasteiger partial charge in [-0.25, -0.2) is 4.98 Å². The lowest BCUT2D eigenvalue weighted by Gasteiger charge is -2.17. The monoisotopic (exact) mass is 341 g/mol. The molecule has 3 rings (SSSR count). The normalized spacial score (nSPS) is 17.0. The minimum Gasteiger partial charge on any atom is -0.354 e. The lowest BCUT2D eigenvalue weighted by molar-refractivity contribution is -0.121. The van der Waals surface area contributed by atoms with Gasteiger partial charge in [-0.05, 0) is 48.9 Å². The van der Waals surface area contributed by atoms with Crippen molar-refractivity contribution in [1.29, 1.82) is 0 Å². The number of aryl methyl sites for hydroxylation is 1. The van der Waals surface area contributed by atoms with Crippen molar-refractivity contribution in [2.24, 2.45) is 0 Å². The Bertz CT molecular complexity index is 660. The molecule has 1 aromatic heterocycles. The maximum atomic E-state index is 12.2. The Hall–Kier alpha value is -2.01. The van der Waals surface area contributed by atoms with Gasteiger partial charge in [-0.2, -0.15) is 0 Å². The molecular weight excluding hydrogens is 318 g/mol. The summed E-state index contributed by atoms with van der Waals surface area (Å²) in [4.78, 5) is 20.0. The van der Waals surface area contributed by atoms with Crippen LogP contribution in [0, 0.1) is 0 Å². The van der Waals surface area contributed by atoms with E-state index in [-0.39, 0.29) is 11.9 Å². The predicted octanol–water partition coefficient (Wildman–Crippen LogP) is 3.13. The van der Waals surface area contributed by atoms with Crippen LogP contribution in [0.5, 0.6) is 0 Å². The first kappa shape index (κ1) is 16.8. The SMILES string of the molecule is CSc1ccc(CCC(=O)NC2CCN(c3ccccn3)C2)cc1. The molecule has 1 atom stereocenters. The molecule has 1 aromatic carbocycles. The molecule has 1 unspecified atom stereocenters. The number of nitrogens with zero attached hydrogens (tertiary/aromatic N) is 2. The lowest BCUT2D eigenvalue weighted by Crippen LogP contribution is -2.37. The maximum absolute atomic E-state index is 12.2. The summed E-state index contributed by atoms with van der Waals surface area (Å²) in [5, 5.41) is 3.16. The average Bonchev–Trinajstić information content (AvgIpc) is 3.09. The number of carbonyl (C=O) groups is 1. The molecule has 2 aromatic rings. The van der Waals surface area contributed by atoms with Gasteiger partial charge < -0.3 is 10.2 Å². The lowest BCUT2D eigenvalue weighted by atomic mass is 10.1. The molecule has 0 spiro atoms. The van der Waals surface area contributed by atoms with Gasteiger partial charge >= 0.3 is 0 Å². The number of pyridine rings is 1. The number of thioether (sulfide) groups is 1. The highest BCUT2D eigenvalue weighted by atomic mass is 32.2. The van der Waals surface area contributed by atoms with Crippen LogP contribution in [0.25, 0.3) is 0 Å². The van der Waals surface area contributed by atoms with E-state index in [1.165, 1.54) is 10.5 Å². The van der Waals surface area contributed by atoms with E-state index in [0.29, 0.717) is 6.42 Å². The Balaban J connectivity index is 1.44. The van der Waals surface area contributed by atoms with Crippen LogP contribution in [0.2, 0.25) is 0 Å². The number of benzene rings is 1. The van der Waals surface area contributed by atoms with E-state index in [0.717, 1.165) is 31.7 Å². The van der Waals surface area contributed by atoms with Gasteiger partial charge in [0, 0.05) is 36.6 Å². The van der Waals surface area contributed by atoms with Crippen LogP contribution in [0.15, 0.2) is 53.6 Å². The largest absolute Gasteiger partial charge is 0.354 e. The second-order valence-corrected chi connectivity index (χ2v) is 6.91. The van der Waals surface area contributed by atoms with Crippen molar-refractivity contribution in [2.45, 2.75) is 30.2 Å². The van der Waals surface area contributed by atoms with E-state index in [9.17, 15) is 4.79 Å². The highest BCUT2D eigenvalue weighted by molar-refractivity contribution is 7.98. The van der Waals surface area contributed by atoms with Gasteiger partial charge in [0.25, 0.3) is 0 Å². The molecule has 1 fully saturated rings. The Morgan fingerprint density at radius 1 is 1.29 bits per heavy atom. The minimum atomic E-state index is 0.136. The molecule has 2 heterocycles. The fourth-order valence-corrected chi connectivity index (χ4v) is 3.39. The van der Waals surface area contributed by atoms with Crippen LogP contribution < -0.4 is 10.2 Å². The zero-order valence-electron chi connectivity index (χ0n) is 13.9. The number of rotatable bonds is 6. The first-order chi connectivity index (χ1) is 11.7. The van der Waals surface area contributed by atoms with Gasteiger partial charge in [0.2, 0.25) is 5.91 Å². The first-order valence-electron chi connectivity index (χ1n) is 8.33. The summed E-state index contributed by atoms with van der Waals surface area (Å²) in [5.41, 5.74) is 1.21. The fraction of sp³-hybridized carbons (Fsp3) is 0.368. The van der Waals surface area contributed by atoms with E-state index in [2.05, 4.69) is 45.7 Å². The summed E-state index contributed by atoms with van der Waals surface area (Å²) in [6.45, 7) is 1.78. The number of hydrogen-bond acceptors (Lipinski definition) is 4. The van der Waals surface area contributed by atoms with E-state index in [1.807, 2.05) is 24.4 Å². The second kappa shape index (κ2) is 8.20. The standard InChI is InChI=1S/C19H23N3OS/c1-24-17-8-5-15(6-9-17)7-10-19(23)21-16-11-13-22(14-16)18-4-2-3-12-20-18/h2-6,8-9,12,16H,7,10-11,13-14H2,1H3,(H,21,23). The molecule has 0 radical (unpaired) electrons. The van der Waals surface area contributed by atoms with Crippen molar-refractivity contribution < 1.29 is 4.79 Å².